The van der Waals surface area contributed by atoms with Gasteiger partial charge in [0.15, 0.2) is 0 Å². The minimum absolute atomic E-state index is 0.0763. The summed E-state index contributed by atoms with van der Waals surface area (Å²) in [6.45, 7) is 0. The van der Waals surface area contributed by atoms with Crippen molar-refractivity contribution in [2.45, 2.75) is 43.8 Å². The summed E-state index contributed by atoms with van der Waals surface area (Å²) < 4.78 is 38.0. The molecule has 0 aromatic carbocycles. The Morgan fingerprint density at radius 2 is 1.83 bits per heavy atom. The standard InChI is InChI=1S/C12H14ClF3N2/c13-10-9(11(17)4-2-1-3-5-11)6-8(7-18-10)12(14,15)16/h6-7H,1-5,17H2. The lowest BCUT2D eigenvalue weighted by atomic mass is 9.78. The van der Waals surface area contributed by atoms with E-state index in [2.05, 4.69) is 4.98 Å². The van der Waals surface area contributed by atoms with Gasteiger partial charge in [-0.05, 0) is 18.9 Å². The van der Waals surface area contributed by atoms with Crippen molar-refractivity contribution in [2.24, 2.45) is 5.73 Å². The fourth-order valence-electron chi connectivity index (χ4n) is 2.40. The first-order chi connectivity index (χ1) is 8.33. The topological polar surface area (TPSA) is 38.9 Å². The second kappa shape index (κ2) is 4.70. The van der Waals surface area contributed by atoms with E-state index in [1.807, 2.05) is 0 Å². The number of hydrogen-bond donors (Lipinski definition) is 1. The SMILES string of the molecule is NC1(c2cc(C(F)(F)F)cnc2Cl)CCCCC1. The van der Waals surface area contributed by atoms with Crippen LogP contribution in [0.4, 0.5) is 13.2 Å². The number of nitrogens with two attached hydrogens (primary N) is 1. The average molecular weight is 279 g/mol. The highest BCUT2D eigenvalue weighted by molar-refractivity contribution is 6.30. The molecule has 0 spiro atoms. The van der Waals surface area contributed by atoms with Gasteiger partial charge in [-0.1, -0.05) is 30.9 Å². The van der Waals surface area contributed by atoms with Gasteiger partial charge in [0, 0.05) is 17.3 Å². The van der Waals surface area contributed by atoms with Crippen LogP contribution >= 0.6 is 11.6 Å². The fourth-order valence-corrected chi connectivity index (χ4v) is 2.70. The van der Waals surface area contributed by atoms with Crippen molar-refractivity contribution >= 4 is 11.6 Å². The molecule has 2 N–H and O–H groups in total. The van der Waals surface area contributed by atoms with Gasteiger partial charge in [-0.15, -0.1) is 0 Å². The van der Waals surface area contributed by atoms with E-state index in [1.54, 1.807) is 0 Å². The largest absolute Gasteiger partial charge is 0.417 e. The molecular formula is C12H14ClF3N2. The van der Waals surface area contributed by atoms with Crippen molar-refractivity contribution < 1.29 is 13.2 Å². The Balaban J connectivity index is 2.43. The first kappa shape index (κ1) is 13.6. The predicted molar refractivity (Wildman–Crippen MR) is 63.2 cm³/mol. The lowest BCUT2D eigenvalue weighted by molar-refractivity contribution is -0.137. The lowest BCUT2D eigenvalue weighted by Gasteiger charge is -2.34. The second-order valence-electron chi connectivity index (χ2n) is 4.78. The third-order valence-corrected chi connectivity index (χ3v) is 3.75. The Bertz CT molecular complexity index is 439. The number of nitrogens with zero attached hydrogens (tertiary/aromatic N) is 1. The highest BCUT2D eigenvalue weighted by Crippen LogP contribution is 2.39. The van der Waals surface area contributed by atoms with Crippen LogP contribution in [0.1, 0.15) is 43.2 Å². The van der Waals surface area contributed by atoms with Gasteiger partial charge < -0.3 is 5.73 Å². The molecule has 18 heavy (non-hydrogen) atoms. The van der Waals surface area contributed by atoms with E-state index in [9.17, 15) is 13.2 Å². The van der Waals surface area contributed by atoms with Crippen LogP contribution in [0, 0.1) is 0 Å². The zero-order valence-corrected chi connectivity index (χ0v) is 10.5. The molecular weight excluding hydrogens is 265 g/mol. The van der Waals surface area contributed by atoms with Gasteiger partial charge in [-0.2, -0.15) is 13.2 Å². The summed E-state index contributed by atoms with van der Waals surface area (Å²) in [4.78, 5) is 3.63. The van der Waals surface area contributed by atoms with E-state index in [-0.39, 0.29) is 5.15 Å². The quantitative estimate of drug-likeness (QED) is 0.792. The molecule has 1 aliphatic carbocycles. The van der Waals surface area contributed by atoms with E-state index in [0.29, 0.717) is 18.4 Å². The zero-order chi connectivity index (χ0) is 13.4. The molecule has 0 saturated heterocycles. The molecule has 1 fully saturated rings. The van der Waals surface area contributed by atoms with E-state index < -0.39 is 17.3 Å². The molecule has 1 aromatic rings. The molecule has 2 nitrogen and oxygen atoms in total. The summed E-state index contributed by atoms with van der Waals surface area (Å²) in [5, 5.41) is 0.0763. The van der Waals surface area contributed by atoms with E-state index in [4.69, 9.17) is 17.3 Å². The minimum atomic E-state index is -4.42. The maximum absolute atomic E-state index is 12.7. The van der Waals surface area contributed by atoms with Crippen LogP contribution in [0.15, 0.2) is 12.3 Å². The fraction of sp³-hybridized carbons (Fsp3) is 0.583. The molecule has 0 radical (unpaired) electrons. The minimum Gasteiger partial charge on any atom is -0.321 e. The van der Waals surface area contributed by atoms with Crippen LogP contribution in [0.5, 0.6) is 0 Å². The van der Waals surface area contributed by atoms with Crippen molar-refractivity contribution in [1.82, 2.24) is 4.98 Å². The van der Waals surface area contributed by atoms with E-state index in [1.165, 1.54) is 0 Å². The van der Waals surface area contributed by atoms with E-state index >= 15 is 0 Å². The summed E-state index contributed by atoms with van der Waals surface area (Å²) in [7, 11) is 0. The smallest absolute Gasteiger partial charge is 0.321 e. The predicted octanol–water partition coefficient (Wildman–Crippen LogP) is 3.87. The summed E-state index contributed by atoms with van der Waals surface area (Å²) >= 11 is 5.91. The number of hydrogen-bond acceptors (Lipinski definition) is 2. The molecule has 1 aromatic heterocycles. The molecule has 6 heteroatoms. The Morgan fingerprint density at radius 1 is 1.22 bits per heavy atom. The van der Waals surface area contributed by atoms with Crippen molar-refractivity contribution in [3.8, 4) is 0 Å². The first-order valence-electron chi connectivity index (χ1n) is 5.85. The number of halogens is 4. The molecule has 0 amide bonds. The molecule has 100 valence electrons. The van der Waals surface area contributed by atoms with Gasteiger partial charge in [0.1, 0.15) is 5.15 Å². The van der Waals surface area contributed by atoms with Crippen molar-refractivity contribution in [3.63, 3.8) is 0 Å². The van der Waals surface area contributed by atoms with Crippen LogP contribution in [0.2, 0.25) is 5.15 Å². The molecule has 0 aliphatic heterocycles. The van der Waals surface area contributed by atoms with Gasteiger partial charge in [-0.3, -0.25) is 0 Å². The number of alkyl halides is 3. The third-order valence-electron chi connectivity index (χ3n) is 3.45. The second-order valence-corrected chi connectivity index (χ2v) is 5.13. The third kappa shape index (κ3) is 2.62. The Hall–Kier alpha value is -0.810. The van der Waals surface area contributed by atoms with Gasteiger partial charge >= 0.3 is 6.18 Å². The van der Waals surface area contributed by atoms with Gasteiger partial charge in [0.2, 0.25) is 0 Å². The number of rotatable bonds is 1. The monoisotopic (exact) mass is 278 g/mol. The molecule has 1 aliphatic rings. The number of pyridine rings is 1. The molecule has 0 unspecified atom stereocenters. The zero-order valence-electron chi connectivity index (χ0n) is 9.73. The number of aromatic nitrogens is 1. The Kier molecular flexibility index (Phi) is 3.56. The van der Waals surface area contributed by atoms with Gasteiger partial charge in [-0.25, -0.2) is 4.98 Å². The molecule has 0 atom stereocenters. The molecule has 0 bridgehead atoms. The Morgan fingerprint density at radius 3 is 2.39 bits per heavy atom. The lowest BCUT2D eigenvalue weighted by Crippen LogP contribution is -2.39. The van der Waals surface area contributed by atoms with Crippen LogP contribution < -0.4 is 5.73 Å². The summed E-state index contributed by atoms with van der Waals surface area (Å²) in [6, 6.07) is 1.04. The maximum atomic E-state index is 12.7. The summed E-state index contributed by atoms with van der Waals surface area (Å²) in [5.41, 5.74) is 4.95. The van der Waals surface area contributed by atoms with E-state index in [0.717, 1.165) is 31.5 Å². The van der Waals surface area contributed by atoms with Gasteiger partial charge in [0.05, 0.1) is 5.56 Å². The summed E-state index contributed by atoms with van der Waals surface area (Å²) in [5.74, 6) is 0. The Labute approximate surface area is 108 Å². The van der Waals surface area contributed by atoms with Crippen LogP contribution in [0.25, 0.3) is 0 Å². The highest BCUT2D eigenvalue weighted by atomic mass is 35.5. The van der Waals surface area contributed by atoms with Crippen molar-refractivity contribution in [3.05, 3.63) is 28.5 Å². The molecule has 1 heterocycles. The van der Waals surface area contributed by atoms with Gasteiger partial charge in [0.25, 0.3) is 0 Å². The van der Waals surface area contributed by atoms with Crippen LogP contribution in [-0.4, -0.2) is 4.98 Å². The maximum Gasteiger partial charge on any atom is 0.417 e. The highest BCUT2D eigenvalue weighted by Gasteiger charge is 2.36. The van der Waals surface area contributed by atoms with Crippen molar-refractivity contribution in [2.75, 3.05) is 0 Å². The summed E-state index contributed by atoms with van der Waals surface area (Å²) in [6.07, 6.45) is 0.496. The van der Waals surface area contributed by atoms with Crippen LogP contribution in [0.3, 0.4) is 0 Å². The normalized spacial score (nSPS) is 19.8. The first-order valence-corrected chi connectivity index (χ1v) is 6.23. The average Bonchev–Trinajstić information content (AvgIpc) is 2.28. The molecule has 2 rings (SSSR count). The van der Waals surface area contributed by atoms with Crippen molar-refractivity contribution in [1.29, 1.82) is 0 Å². The molecule has 1 saturated carbocycles. The van der Waals surface area contributed by atoms with Crippen LogP contribution in [-0.2, 0) is 11.7 Å².